The van der Waals surface area contributed by atoms with Gasteiger partial charge in [0.1, 0.15) is 0 Å². The van der Waals surface area contributed by atoms with Crippen molar-refractivity contribution in [3.63, 3.8) is 0 Å². The molecule has 2 bridgehead atoms. The van der Waals surface area contributed by atoms with Crippen LogP contribution in [-0.2, 0) is 16.1 Å². The Bertz CT molecular complexity index is 1510. The van der Waals surface area contributed by atoms with E-state index < -0.39 is 0 Å². The predicted octanol–water partition coefficient (Wildman–Crippen LogP) is 4.98. The third-order valence-electron chi connectivity index (χ3n) is 7.80. The standard InChI is InChI=1S/C29H23N3O2/c33-28-26-19-12-13-20(14-19)27(26)29(34)32(28)30-15-22-17-31(25-11-4-3-10-24(22)25)16-21-8-5-7-18-6-1-2-9-23(18)21/h1-13,15,17,19-20,26-27H,14,16H2/b30-15-/t19-,20-,26+,27+/m0/s1. The number of fused-ring (bicyclic) bond motifs is 7. The van der Waals surface area contributed by atoms with Crippen molar-refractivity contribution in [2.45, 2.75) is 13.0 Å². The number of hydrazone groups is 1. The lowest BCUT2D eigenvalue weighted by atomic mass is 9.85. The summed E-state index contributed by atoms with van der Waals surface area (Å²) in [6.45, 7) is 0.719. The molecule has 3 aliphatic rings. The second-order valence-corrected chi connectivity index (χ2v) is 9.60. The van der Waals surface area contributed by atoms with Crippen LogP contribution in [0.1, 0.15) is 17.5 Å². The fraction of sp³-hybridized carbons (Fsp3) is 0.207. The fourth-order valence-electron chi connectivity index (χ4n) is 6.24. The first-order valence-corrected chi connectivity index (χ1v) is 11.8. The molecule has 1 aliphatic heterocycles. The lowest BCUT2D eigenvalue weighted by Crippen LogP contribution is -2.28. The Morgan fingerprint density at radius 1 is 0.824 bits per heavy atom. The van der Waals surface area contributed by atoms with Crippen molar-refractivity contribution in [3.8, 4) is 0 Å². The second kappa shape index (κ2) is 7.26. The summed E-state index contributed by atoms with van der Waals surface area (Å²) in [5.74, 6) is -0.381. The minimum Gasteiger partial charge on any atom is -0.342 e. The Balaban J connectivity index is 1.24. The molecular weight excluding hydrogens is 422 g/mol. The van der Waals surface area contributed by atoms with E-state index in [0.29, 0.717) is 0 Å². The zero-order valence-corrected chi connectivity index (χ0v) is 18.5. The van der Waals surface area contributed by atoms with Crippen molar-refractivity contribution in [1.82, 2.24) is 9.58 Å². The molecule has 1 aromatic heterocycles. The molecule has 5 nitrogen and oxygen atoms in total. The average molecular weight is 446 g/mol. The van der Waals surface area contributed by atoms with Crippen LogP contribution in [0.3, 0.4) is 0 Å². The topological polar surface area (TPSA) is 54.7 Å². The number of nitrogens with zero attached hydrogens (tertiary/aromatic N) is 3. The molecule has 2 aliphatic carbocycles. The summed E-state index contributed by atoms with van der Waals surface area (Å²) < 4.78 is 2.21. The maximum absolute atomic E-state index is 13.0. The van der Waals surface area contributed by atoms with Gasteiger partial charge in [0.2, 0.25) is 0 Å². The summed E-state index contributed by atoms with van der Waals surface area (Å²) in [6, 6.07) is 23.0. The molecule has 2 amide bonds. The highest BCUT2D eigenvalue weighted by molar-refractivity contribution is 6.07. The second-order valence-electron chi connectivity index (χ2n) is 9.60. The number of carbonyl (C=O) groups is 2. The van der Waals surface area contributed by atoms with Gasteiger partial charge in [0, 0.05) is 29.2 Å². The molecule has 4 atom stereocenters. The Kier molecular flexibility index (Phi) is 4.16. The van der Waals surface area contributed by atoms with Gasteiger partial charge >= 0.3 is 0 Å². The highest BCUT2D eigenvalue weighted by atomic mass is 16.2. The lowest BCUT2D eigenvalue weighted by molar-refractivity contribution is -0.140. The van der Waals surface area contributed by atoms with Crippen molar-refractivity contribution in [2.24, 2.45) is 28.8 Å². The van der Waals surface area contributed by atoms with E-state index in [1.165, 1.54) is 16.3 Å². The minimum absolute atomic E-state index is 0.150. The van der Waals surface area contributed by atoms with Crippen molar-refractivity contribution < 1.29 is 9.59 Å². The van der Waals surface area contributed by atoms with Crippen molar-refractivity contribution in [2.75, 3.05) is 0 Å². The van der Waals surface area contributed by atoms with Crippen LogP contribution in [-0.4, -0.2) is 27.6 Å². The number of benzene rings is 3. The molecule has 0 spiro atoms. The van der Waals surface area contributed by atoms with Crippen LogP contribution in [0.5, 0.6) is 0 Å². The van der Waals surface area contributed by atoms with Gasteiger partial charge in [-0.15, -0.1) is 0 Å². The molecule has 1 saturated carbocycles. The smallest absolute Gasteiger partial charge is 0.254 e. The van der Waals surface area contributed by atoms with Crippen molar-refractivity contribution in [1.29, 1.82) is 0 Å². The van der Waals surface area contributed by atoms with E-state index in [-0.39, 0.29) is 35.5 Å². The zero-order valence-electron chi connectivity index (χ0n) is 18.5. The van der Waals surface area contributed by atoms with E-state index in [4.69, 9.17) is 0 Å². The molecule has 2 heterocycles. The molecule has 0 radical (unpaired) electrons. The van der Waals surface area contributed by atoms with E-state index in [9.17, 15) is 9.59 Å². The number of amides is 2. The Morgan fingerprint density at radius 2 is 1.50 bits per heavy atom. The minimum atomic E-state index is -0.229. The lowest BCUT2D eigenvalue weighted by Gasteiger charge is -2.13. The normalized spacial score (nSPS) is 25.5. The summed E-state index contributed by atoms with van der Waals surface area (Å²) in [5, 5.41) is 9.05. The number of hydrogen-bond donors (Lipinski definition) is 0. The first-order chi connectivity index (χ1) is 16.7. The Labute approximate surface area is 197 Å². The number of hydrogen-bond acceptors (Lipinski definition) is 3. The fourth-order valence-corrected chi connectivity index (χ4v) is 6.24. The summed E-state index contributed by atoms with van der Waals surface area (Å²) in [5.41, 5.74) is 3.23. The van der Waals surface area contributed by atoms with Crippen LogP contribution in [0.25, 0.3) is 21.7 Å². The van der Waals surface area contributed by atoms with E-state index in [2.05, 4.69) is 82.6 Å². The largest absolute Gasteiger partial charge is 0.342 e. The maximum Gasteiger partial charge on any atom is 0.254 e. The number of allylic oxidation sites excluding steroid dienone is 2. The highest BCUT2D eigenvalue weighted by Crippen LogP contribution is 2.52. The summed E-state index contributed by atoms with van der Waals surface area (Å²) in [6.07, 6.45) is 8.86. The Hall–Kier alpha value is -3.99. The van der Waals surface area contributed by atoms with Crippen LogP contribution in [0.15, 0.2) is 90.2 Å². The zero-order chi connectivity index (χ0) is 22.8. The van der Waals surface area contributed by atoms with Gasteiger partial charge in [-0.25, -0.2) is 0 Å². The van der Waals surface area contributed by atoms with Crippen molar-refractivity contribution >= 4 is 39.7 Å². The van der Waals surface area contributed by atoms with Crippen LogP contribution in [0.4, 0.5) is 0 Å². The van der Waals surface area contributed by atoms with Gasteiger partial charge in [0.05, 0.1) is 18.1 Å². The molecule has 3 aromatic carbocycles. The van der Waals surface area contributed by atoms with Crippen molar-refractivity contribution in [3.05, 3.63) is 96.2 Å². The van der Waals surface area contributed by atoms with E-state index in [1.54, 1.807) is 6.21 Å². The molecule has 166 valence electrons. The Morgan fingerprint density at radius 3 is 2.29 bits per heavy atom. The summed E-state index contributed by atoms with van der Waals surface area (Å²) >= 11 is 0. The number of aromatic nitrogens is 1. The number of para-hydroxylation sites is 1. The highest BCUT2D eigenvalue weighted by Gasteiger charge is 2.59. The van der Waals surface area contributed by atoms with Gasteiger partial charge in [0.25, 0.3) is 11.8 Å². The summed E-state index contributed by atoms with van der Waals surface area (Å²) in [7, 11) is 0. The van der Waals surface area contributed by atoms with Gasteiger partial charge in [0.15, 0.2) is 0 Å². The van der Waals surface area contributed by atoms with Gasteiger partial charge < -0.3 is 4.57 Å². The molecule has 5 heteroatoms. The number of rotatable bonds is 4. The van der Waals surface area contributed by atoms with Crippen LogP contribution in [0, 0.1) is 23.7 Å². The van der Waals surface area contributed by atoms with E-state index in [1.807, 2.05) is 12.1 Å². The van der Waals surface area contributed by atoms with Gasteiger partial charge in [-0.3, -0.25) is 9.59 Å². The molecule has 0 N–H and O–H groups in total. The SMILES string of the molecule is O=C1[C@H]2[C@H](C(=O)N1/N=C\c1cn(Cc3cccc4ccccc34)c3ccccc13)[C@H]1C=C[C@H]2C1. The van der Waals surface area contributed by atoms with Crippen LogP contribution >= 0.6 is 0 Å². The number of imide groups is 1. The first kappa shape index (κ1) is 19.5. The van der Waals surface area contributed by atoms with Gasteiger partial charge in [-0.2, -0.15) is 10.1 Å². The van der Waals surface area contributed by atoms with Crippen LogP contribution in [0.2, 0.25) is 0 Å². The molecular formula is C29H23N3O2. The number of carbonyl (C=O) groups excluding carboxylic acids is 2. The molecule has 0 unspecified atom stereocenters. The molecule has 2 fully saturated rings. The van der Waals surface area contributed by atoms with E-state index >= 15 is 0 Å². The van der Waals surface area contributed by atoms with Gasteiger partial charge in [-0.1, -0.05) is 72.8 Å². The molecule has 4 aromatic rings. The third kappa shape index (κ3) is 2.76. The molecule has 1 saturated heterocycles. The molecule has 7 rings (SSSR count). The predicted molar refractivity (Wildman–Crippen MR) is 132 cm³/mol. The monoisotopic (exact) mass is 445 g/mol. The molecule has 34 heavy (non-hydrogen) atoms. The quantitative estimate of drug-likeness (QED) is 0.253. The van der Waals surface area contributed by atoms with Gasteiger partial charge in [-0.05, 0) is 40.7 Å². The maximum atomic E-state index is 13.0. The van der Waals surface area contributed by atoms with Crippen LogP contribution < -0.4 is 0 Å². The first-order valence-electron chi connectivity index (χ1n) is 11.8. The summed E-state index contributed by atoms with van der Waals surface area (Å²) in [4.78, 5) is 26.0. The van der Waals surface area contributed by atoms with E-state index in [0.717, 1.165) is 34.4 Å². The third-order valence-corrected chi connectivity index (χ3v) is 7.80. The average Bonchev–Trinajstić information content (AvgIpc) is 3.62.